The molecule has 0 saturated carbocycles. The number of carbonyl (C=O) groups excluding carboxylic acids is 1. The van der Waals surface area contributed by atoms with E-state index >= 15 is 0 Å². The van der Waals surface area contributed by atoms with Crippen LogP contribution in [0.5, 0.6) is 0 Å². The van der Waals surface area contributed by atoms with E-state index in [1.54, 1.807) is 11.8 Å². The number of amidine groups is 1. The zero-order valence-corrected chi connectivity index (χ0v) is 18.0. The molecule has 2 aliphatic rings. The van der Waals surface area contributed by atoms with Crippen LogP contribution in [0.25, 0.3) is 5.70 Å². The SMILES string of the molecule is CCOC(=O)C1=C(C)N=C2SC=C(c3ccc(Br)cc3)N2[C@@H]1c1ccccc1. The fraction of sp³-hybridized carbons (Fsp3) is 0.182. The molecule has 2 aromatic rings. The highest BCUT2D eigenvalue weighted by Crippen LogP contribution is 2.46. The van der Waals surface area contributed by atoms with E-state index in [4.69, 9.17) is 9.73 Å². The number of thioether (sulfide) groups is 1. The fourth-order valence-corrected chi connectivity index (χ4v) is 4.67. The molecular weight excluding hydrogens is 436 g/mol. The number of halogens is 1. The number of fused-ring (bicyclic) bond motifs is 1. The summed E-state index contributed by atoms with van der Waals surface area (Å²) in [7, 11) is 0. The van der Waals surface area contributed by atoms with Crippen molar-refractivity contribution in [2.45, 2.75) is 19.9 Å². The number of ether oxygens (including phenoxy) is 1. The molecular formula is C22H19BrN2O2S. The van der Waals surface area contributed by atoms with Gasteiger partial charge in [0, 0.05) is 9.88 Å². The third-order valence-electron chi connectivity index (χ3n) is 4.68. The number of rotatable bonds is 4. The highest BCUT2D eigenvalue weighted by Gasteiger charge is 2.40. The molecule has 28 heavy (non-hydrogen) atoms. The summed E-state index contributed by atoms with van der Waals surface area (Å²) in [5.74, 6) is -0.316. The smallest absolute Gasteiger partial charge is 0.338 e. The molecule has 142 valence electrons. The molecule has 1 atom stereocenters. The zero-order valence-electron chi connectivity index (χ0n) is 15.6. The molecule has 0 N–H and O–H groups in total. The molecule has 6 heteroatoms. The highest BCUT2D eigenvalue weighted by atomic mass is 79.9. The second-order valence-corrected chi connectivity index (χ2v) is 8.18. The van der Waals surface area contributed by atoms with E-state index in [1.165, 1.54) is 0 Å². The Morgan fingerprint density at radius 1 is 1.18 bits per heavy atom. The van der Waals surface area contributed by atoms with Crippen LogP contribution in [0.2, 0.25) is 0 Å². The first kappa shape index (κ1) is 19.0. The Morgan fingerprint density at radius 3 is 2.57 bits per heavy atom. The van der Waals surface area contributed by atoms with Gasteiger partial charge in [-0.15, -0.1) is 0 Å². The average Bonchev–Trinajstić information content (AvgIpc) is 3.11. The van der Waals surface area contributed by atoms with Crippen LogP contribution in [0, 0.1) is 0 Å². The summed E-state index contributed by atoms with van der Waals surface area (Å²) in [6.07, 6.45) is 0. The Bertz CT molecular complexity index is 997. The van der Waals surface area contributed by atoms with Crippen LogP contribution in [-0.4, -0.2) is 22.6 Å². The number of carbonyl (C=O) groups is 1. The second-order valence-electron chi connectivity index (χ2n) is 6.42. The van der Waals surface area contributed by atoms with Crippen molar-refractivity contribution in [2.24, 2.45) is 4.99 Å². The van der Waals surface area contributed by atoms with E-state index in [2.05, 4.69) is 38.4 Å². The van der Waals surface area contributed by atoms with Crippen molar-refractivity contribution in [3.8, 4) is 0 Å². The molecule has 2 aliphatic heterocycles. The van der Waals surface area contributed by atoms with E-state index in [0.29, 0.717) is 17.9 Å². The largest absolute Gasteiger partial charge is 0.463 e. The monoisotopic (exact) mass is 454 g/mol. The lowest BCUT2D eigenvalue weighted by Crippen LogP contribution is -2.36. The fourth-order valence-electron chi connectivity index (χ4n) is 3.43. The Kier molecular flexibility index (Phi) is 5.42. The van der Waals surface area contributed by atoms with Crippen molar-refractivity contribution in [3.05, 3.63) is 86.9 Å². The number of hydrogen-bond acceptors (Lipinski definition) is 5. The van der Waals surface area contributed by atoms with Crippen molar-refractivity contribution < 1.29 is 9.53 Å². The topological polar surface area (TPSA) is 41.9 Å². The van der Waals surface area contributed by atoms with Gasteiger partial charge in [0.15, 0.2) is 5.17 Å². The summed E-state index contributed by atoms with van der Waals surface area (Å²) < 4.78 is 6.41. The lowest BCUT2D eigenvalue weighted by Gasteiger charge is -2.36. The minimum atomic E-state index is -0.316. The van der Waals surface area contributed by atoms with E-state index in [1.807, 2.05) is 56.3 Å². The minimum Gasteiger partial charge on any atom is -0.463 e. The molecule has 0 amide bonds. The van der Waals surface area contributed by atoms with Gasteiger partial charge in [0.05, 0.1) is 29.6 Å². The highest BCUT2D eigenvalue weighted by molar-refractivity contribution is 9.10. The van der Waals surface area contributed by atoms with Crippen molar-refractivity contribution in [1.29, 1.82) is 0 Å². The van der Waals surface area contributed by atoms with Crippen LogP contribution >= 0.6 is 27.7 Å². The van der Waals surface area contributed by atoms with Crippen molar-refractivity contribution in [2.75, 3.05) is 6.61 Å². The summed E-state index contributed by atoms with van der Waals surface area (Å²) >= 11 is 5.07. The molecule has 4 nitrogen and oxygen atoms in total. The third-order valence-corrected chi connectivity index (χ3v) is 6.05. The number of nitrogens with zero attached hydrogens (tertiary/aromatic N) is 2. The minimum absolute atomic E-state index is 0.280. The molecule has 0 aliphatic carbocycles. The van der Waals surface area contributed by atoms with Gasteiger partial charge in [0.2, 0.25) is 0 Å². The van der Waals surface area contributed by atoms with Crippen LogP contribution in [0.3, 0.4) is 0 Å². The summed E-state index contributed by atoms with van der Waals surface area (Å²) in [5.41, 5.74) is 4.42. The number of benzene rings is 2. The maximum Gasteiger partial charge on any atom is 0.338 e. The van der Waals surface area contributed by atoms with Crippen LogP contribution in [-0.2, 0) is 9.53 Å². The molecule has 2 aromatic carbocycles. The summed E-state index contributed by atoms with van der Waals surface area (Å²) in [4.78, 5) is 19.7. The lowest BCUT2D eigenvalue weighted by molar-refractivity contribution is -0.139. The molecule has 2 heterocycles. The zero-order chi connectivity index (χ0) is 19.7. The van der Waals surface area contributed by atoms with Crippen LogP contribution in [0.4, 0.5) is 0 Å². The van der Waals surface area contributed by atoms with E-state index in [-0.39, 0.29) is 12.0 Å². The van der Waals surface area contributed by atoms with Crippen molar-refractivity contribution in [3.63, 3.8) is 0 Å². The van der Waals surface area contributed by atoms with Gasteiger partial charge in [-0.1, -0.05) is 70.2 Å². The maximum absolute atomic E-state index is 12.9. The van der Waals surface area contributed by atoms with Crippen molar-refractivity contribution >= 4 is 44.5 Å². The van der Waals surface area contributed by atoms with Gasteiger partial charge in [0.1, 0.15) is 0 Å². The molecule has 0 unspecified atom stereocenters. The Labute approximate surface area is 177 Å². The number of aliphatic imine (C=N–C) groups is 1. The summed E-state index contributed by atoms with van der Waals surface area (Å²) in [6.45, 7) is 4.03. The second kappa shape index (κ2) is 7.97. The molecule has 0 radical (unpaired) electrons. The predicted molar refractivity (Wildman–Crippen MR) is 118 cm³/mol. The van der Waals surface area contributed by atoms with E-state index < -0.39 is 0 Å². The average molecular weight is 455 g/mol. The van der Waals surface area contributed by atoms with E-state index in [9.17, 15) is 4.79 Å². The van der Waals surface area contributed by atoms with Gasteiger partial charge in [0.25, 0.3) is 0 Å². The third kappa shape index (κ3) is 3.42. The number of hydrogen-bond donors (Lipinski definition) is 0. The van der Waals surface area contributed by atoms with Crippen molar-refractivity contribution in [1.82, 2.24) is 4.90 Å². The molecule has 0 saturated heterocycles. The standard InChI is InChI=1S/C22H19BrN2O2S/c1-3-27-21(26)19-14(2)24-22-25(20(19)16-7-5-4-6-8-16)18(13-28-22)15-9-11-17(23)12-10-15/h4-13,20H,3H2,1-2H3/t20-/m1/s1. The number of allylic oxidation sites excluding steroid dienone is 1. The molecule has 0 spiro atoms. The van der Waals surface area contributed by atoms with Gasteiger partial charge in [-0.05, 0) is 37.1 Å². The molecule has 0 fully saturated rings. The quantitative estimate of drug-likeness (QED) is 0.551. The Balaban J connectivity index is 1.84. The first-order chi connectivity index (χ1) is 13.6. The summed E-state index contributed by atoms with van der Waals surface area (Å²) in [5, 5.41) is 2.97. The molecule has 4 rings (SSSR count). The normalized spacial score (nSPS) is 18.5. The lowest BCUT2D eigenvalue weighted by atomic mass is 9.93. The molecule has 0 bridgehead atoms. The van der Waals surface area contributed by atoms with Gasteiger partial charge < -0.3 is 9.64 Å². The Hall–Kier alpha value is -2.31. The number of esters is 1. The van der Waals surface area contributed by atoms with Gasteiger partial charge in [-0.25, -0.2) is 9.79 Å². The molecule has 0 aromatic heterocycles. The van der Waals surface area contributed by atoms with Gasteiger partial charge in [-0.2, -0.15) is 0 Å². The van der Waals surface area contributed by atoms with Crippen LogP contribution in [0.15, 0.2) is 80.7 Å². The van der Waals surface area contributed by atoms with E-state index in [0.717, 1.165) is 26.5 Å². The maximum atomic E-state index is 12.9. The first-order valence-electron chi connectivity index (χ1n) is 9.03. The Morgan fingerprint density at radius 2 is 1.89 bits per heavy atom. The van der Waals surface area contributed by atoms with Crippen LogP contribution in [0.1, 0.15) is 31.0 Å². The predicted octanol–water partition coefficient (Wildman–Crippen LogP) is 5.74. The van der Waals surface area contributed by atoms with Gasteiger partial charge >= 0.3 is 5.97 Å². The van der Waals surface area contributed by atoms with Crippen LogP contribution < -0.4 is 0 Å². The van der Waals surface area contributed by atoms with Gasteiger partial charge in [-0.3, -0.25) is 0 Å². The first-order valence-corrected chi connectivity index (χ1v) is 10.7. The summed E-state index contributed by atoms with van der Waals surface area (Å²) in [6, 6.07) is 17.9.